The summed E-state index contributed by atoms with van der Waals surface area (Å²) in [6.07, 6.45) is 5.29. The molecule has 1 unspecified atom stereocenters. The molecule has 2 aliphatic rings. The van der Waals surface area contributed by atoms with Crippen LogP contribution in [-0.4, -0.2) is 37.0 Å². The molecule has 0 radical (unpaired) electrons. The Bertz CT molecular complexity index is 496. The van der Waals surface area contributed by atoms with E-state index in [4.69, 9.17) is 11.6 Å². The summed E-state index contributed by atoms with van der Waals surface area (Å²) in [5.41, 5.74) is 1.30. The Morgan fingerprint density at radius 2 is 1.91 bits per heavy atom. The summed E-state index contributed by atoms with van der Waals surface area (Å²) < 4.78 is 0. The lowest BCUT2D eigenvalue weighted by Gasteiger charge is -2.23. The van der Waals surface area contributed by atoms with E-state index in [1.165, 1.54) is 18.4 Å². The zero-order valence-electron chi connectivity index (χ0n) is 13.1. The molecule has 0 saturated carbocycles. The Balaban J connectivity index is 1.47. The van der Waals surface area contributed by atoms with Gasteiger partial charge in [0.1, 0.15) is 0 Å². The molecule has 3 rings (SSSR count). The van der Waals surface area contributed by atoms with Crippen molar-refractivity contribution in [1.29, 1.82) is 0 Å². The number of hydrogen-bond acceptors (Lipinski definition) is 2. The number of nitrogens with zero attached hydrogens (tertiary/aromatic N) is 1. The van der Waals surface area contributed by atoms with Gasteiger partial charge in [0.2, 0.25) is 5.91 Å². The number of piperidine rings is 1. The second-order valence-electron chi connectivity index (χ2n) is 6.61. The highest BCUT2D eigenvalue weighted by molar-refractivity contribution is 6.30. The van der Waals surface area contributed by atoms with Gasteiger partial charge in [0, 0.05) is 30.5 Å². The number of rotatable bonds is 4. The van der Waals surface area contributed by atoms with E-state index < -0.39 is 0 Å². The van der Waals surface area contributed by atoms with Crippen molar-refractivity contribution in [2.45, 2.75) is 38.0 Å². The molecular weight excluding hydrogens is 296 g/mol. The van der Waals surface area contributed by atoms with E-state index >= 15 is 0 Å². The predicted molar refractivity (Wildman–Crippen MR) is 90.2 cm³/mol. The van der Waals surface area contributed by atoms with Crippen LogP contribution in [0.5, 0.6) is 0 Å². The Morgan fingerprint density at radius 1 is 1.18 bits per heavy atom. The minimum Gasteiger partial charge on any atom is -0.342 e. The highest BCUT2D eigenvalue weighted by Crippen LogP contribution is 2.29. The molecule has 22 heavy (non-hydrogen) atoms. The van der Waals surface area contributed by atoms with Crippen molar-refractivity contribution in [3.05, 3.63) is 34.9 Å². The van der Waals surface area contributed by atoms with Gasteiger partial charge in [0.05, 0.1) is 0 Å². The van der Waals surface area contributed by atoms with Gasteiger partial charge in [-0.2, -0.15) is 0 Å². The Hall–Kier alpha value is -1.06. The summed E-state index contributed by atoms with van der Waals surface area (Å²) in [7, 11) is 0. The first-order chi connectivity index (χ1) is 10.7. The summed E-state index contributed by atoms with van der Waals surface area (Å²) in [6.45, 7) is 3.99. The van der Waals surface area contributed by atoms with Crippen molar-refractivity contribution < 1.29 is 4.79 Å². The molecule has 1 atom stereocenters. The fourth-order valence-electron chi connectivity index (χ4n) is 3.65. The smallest absolute Gasteiger partial charge is 0.222 e. The molecule has 1 amide bonds. The summed E-state index contributed by atoms with van der Waals surface area (Å²) in [6, 6.07) is 8.07. The van der Waals surface area contributed by atoms with Crippen molar-refractivity contribution in [3.63, 3.8) is 0 Å². The first-order valence-electron chi connectivity index (χ1n) is 8.46. The van der Waals surface area contributed by atoms with Crippen LogP contribution < -0.4 is 5.32 Å². The van der Waals surface area contributed by atoms with Gasteiger partial charge in [-0.15, -0.1) is 0 Å². The summed E-state index contributed by atoms with van der Waals surface area (Å²) in [5.74, 6) is 1.55. The number of hydrogen-bond donors (Lipinski definition) is 1. The van der Waals surface area contributed by atoms with E-state index in [1.807, 2.05) is 12.1 Å². The predicted octanol–water partition coefficient (Wildman–Crippen LogP) is 3.44. The van der Waals surface area contributed by atoms with Crippen LogP contribution >= 0.6 is 11.6 Å². The van der Waals surface area contributed by atoms with Gasteiger partial charge in [-0.1, -0.05) is 23.7 Å². The first kappa shape index (κ1) is 15.8. The third kappa shape index (κ3) is 4.02. The molecule has 0 aromatic heterocycles. The second kappa shape index (κ2) is 7.47. The molecule has 2 aliphatic heterocycles. The fraction of sp³-hybridized carbons (Fsp3) is 0.611. The zero-order chi connectivity index (χ0) is 15.4. The van der Waals surface area contributed by atoms with E-state index in [2.05, 4.69) is 22.3 Å². The van der Waals surface area contributed by atoms with Crippen LogP contribution in [0, 0.1) is 5.92 Å². The highest BCUT2D eigenvalue weighted by atomic mass is 35.5. The second-order valence-corrected chi connectivity index (χ2v) is 7.05. The lowest BCUT2D eigenvalue weighted by atomic mass is 9.93. The molecule has 0 bridgehead atoms. The molecular formula is C18H25ClN2O. The maximum atomic E-state index is 12.4. The third-order valence-electron chi connectivity index (χ3n) is 5.11. The topological polar surface area (TPSA) is 32.3 Å². The van der Waals surface area contributed by atoms with Crippen LogP contribution in [0.25, 0.3) is 0 Å². The molecule has 0 aliphatic carbocycles. The maximum absolute atomic E-state index is 12.4. The number of amides is 1. The van der Waals surface area contributed by atoms with Crippen LogP contribution in [0.15, 0.2) is 24.3 Å². The minimum atomic E-state index is 0.343. The van der Waals surface area contributed by atoms with Crippen molar-refractivity contribution in [1.82, 2.24) is 10.2 Å². The first-order valence-corrected chi connectivity index (χ1v) is 8.84. The van der Waals surface area contributed by atoms with Gasteiger partial charge >= 0.3 is 0 Å². The van der Waals surface area contributed by atoms with Crippen LogP contribution in [0.3, 0.4) is 0 Å². The van der Waals surface area contributed by atoms with Crippen molar-refractivity contribution in [2.24, 2.45) is 5.92 Å². The van der Waals surface area contributed by atoms with Crippen LogP contribution in [-0.2, 0) is 4.79 Å². The van der Waals surface area contributed by atoms with Crippen LogP contribution in [0.4, 0.5) is 0 Å². The lowest BCUT2D eigenvalue weighted by molar-refractivity contribution is -0.130. The number of carbonyl (C=O) groups excluding carboxylic acids is 1. The van der Waals surface area contributed by atoms with Gasteiger partial charge < -0.3 is 10.2 Å². The lowest BCUT2D eigenvalue weighted by Crippen LogP contribution is -2.31. The summed E-state index contributed by atoms with van der Waals surface area (Å²) in [5, 5.41) is 4.16. The van der Waals surface area contributed by atoms with Crippen LogP contribution in [0.2, 0.25) is 5.02 Å². The number of benzene rings is 1. The standard InChI is InChI=1S/C18H25ClN2O/c19-17-4-2-15(3-5-17)16-9-12-21(13-16)18(22)6-1-14-7-10-20-11-8-14/h2-5,14,16,20H,1,6-13H2. The molecule has 4 heteroatoms. The van der Waals surface area contributed by atoms with Gasteiger partial charge in [0.15, 0.2) is 0 Å². The van der Waals surface area contributed by atoms with Gasteiger partial charge in [-0.25, -0.2) is 0 Å². The average Bonchev–Trinajstić information content (AvgIpc) is 3.04. The zero-order valence-corrected chi connectivity index (χ0v) is 13.8. The van der Waals surface area contributed by atoms with Crippen LogP contribution in [0.1, 0.15) is 43.6 Å². The van der Waals surface area contributed by atoms with Crippen molar-refractivity contribution in [2.75, 3.05) is 26.2 Å². The third-order valence-corrected chi connectivity index (χ3v) is 5.36. The van der Waals surface area contributed by atoms with E-state index in [9.17, 15) is 4.79 Å². The van der Waals surface area contributed by atoms with Crippen molar-refractivity contribution in [3.8, 4) is 0 Å². The largest absolute Gasteiger partial charge is 0.342 e. The molecule has 0 spiro atoms. The van der Waals surface area contributed by atoms with Gasteiger partial charge in [0.25, 0.3) is 0 Å². The number of halogens is 1. The normalized spacial score (nSPS) is 23.0. The maximum Gasteiger partial charge on any atom is 0.222 e. The molecule has 3 nitrogen and oxygen atoms in total. The number of likely N-dealkylation sites (tertiary alicyclic amines) is 1. The average molecular weight is 321 g/mol. The molecule has 120 valence electrons. The molecule has 1 aromatic rings. The van der Waals surface area contributed by atoms with E-state index in [-0.39, 0.29) is 0 Å². The quantitative estimate of drug-likeness (QED) is 0.921. The van der Waals surface area contributed by atoms with Crippen molar-refractivity contribution >= 4 is 17.5 Å². The van der Waals surface area contributed by atoms with E-state index in [0.29, 0.717) is 11.8 Å². The minimum absolute atomic E-state index is 0.343. The van der Waals surface area contributed by atoms with Gasteiger partial charge in [-0.05, 0) is 62.4 Å². The molecule has 2 fully saturated rings. The molecule has 2 heterocycles. The van der Waals surface area contributed by atoms with Gasteiger partial charge in [-0.3, -0.25) is 4.79 Å². The Morgan fingerprint density at radius 3 is 2.64 bits per heavy atom. The monoisotopic (exact) mass is 320 g/mol. The summed E-state index contributed by atoms with van der Waals surface area (Å²) >= 11 is 5.94. The summed E-state index contributed by atoms with van der Waals surface area (Å²) in [4.78, 5) is 14.5. The molecule has 1 aromatic carbocycles. The fourth-order valence-corrected chi connectivity index (χ4v) is 3.78. The number of carbonyl (C=O) groups is 1. The van der Waals surface area contributed by atoms with E-state index in [0.717, 1.165) is 56.4 Å². The SMILES string of the molecule is O=C(CCC1CCNCC1)N1CCC(c2ccc(Cl)cc2)C1. The molecule has 1 N–H and O–H groups in total. The highest BCUT2D eigenvalue weighted by Gasteiger charge is 2.27. The Labute approximate surface area is 138 Å². The van der Waals surface area contributed by atoms with E-state index in [1.54, 1.807) is 0 Å². The Kier molecular flexibility index (Phi) is 5.37. The molecule has 2 saturated heterocycles. The number of nitrogens with one attached hydrogen (secondary N) is 1.